The van der Waals surface area contributed by atoms with Gasteiger partial charge in [-0.15, -0.1) is 0 Å². The monoisotopic (exact) mass is 365 g/mol. The lowest BCUT2D eigenvalue weighted by molar-refractivity contribution is -0.0289. The zero-order valence-electron chi connectivity index (χ0n) is 13.9. The van der Waals surface area contributed by atoms with Gasteiger partial charge >= 0.3 is 0 Å². The van der Waals surface area contributed by atoms with Crippen LogP contribution in [-0.4, -0.2) is 59.0 Å². The second-order valence-corrected chi connectivity index (χ2v) is 8.06. The molecule has 2 fully saturated rings. The van der Waals surface area contributed by atoms with Gasteiger partial charge in [0.25, 0.3) is 0 Å². The molecule has 0 amide bonds. The fourth-order valence-corrected chi connectivity index (χ4v) is 5.02. The number of nitrogens with two attached hydrogens (primary N) is 1. The maximum atomic E-state index is 10.5. The van der Waals surface area contributed by atoms with Crippen molar-refractivity contribution in [3.05, 3.63) is 12.7 Å². The highest BCUT2D eigenvalue weighted by molar-refractivity contribution is 7.99. The van der Waals surface area contributed by atoms with Crippen molar-refractivity contribution in [2.75, 3.05) is 11.5 Å². The van der Waals surface area contributed by atoms with Gasteiger partial charge in [-0.05, 0) is 12.8 Å². The highest BCUT2D eigenvalue weighted by atomic mass is 32.2. The van der Waals surface area contributed by atoms with E-state index >= 15 is 0 Å². The van der Waals surface area contributed by atoms with Gasteiger partial charge in [-0.2, -0.15) is 11.8 Å². The summed E-state index contributed by atoms with van der Waals surface area (Å²) in [7, 11) is 0. The lowest BCUT2D eigenvalue weighted by Gasteiger charge is -2.23. The normalized spacial score (nSPS) is 31.0. The first-order valence-electron chi connectivity index (χ1n) is 8.71. The van der Waals surface area contributed by atoms with Crippen molar-refractivity contribution in [1.29, 1.82) is 0 Å². The quantitative estimate of drug-likeness (QED) is 0.737. The molecule has 4 atom stereocenters. The molecule has 2 aliphatic rings. The summed E-state index contributed by atoms with van der Waals surface area (Å²) in [5.74, 6) is 0.949. The van der Waals surface area contributed by atoms with E-state index in [9.17, 15) is 10.2 Å². The second-order valence-electron chi connectivity index (χ2n) is 6.72. The number of ether oxygens (including phenoxy) is 1. The average Bonchev–Trinajstić information content (AvgIpc) is 3.18. The van der Waals surface area contributed by atoms with Gasteiger partial charge in [0.1, 0.15) is 24.1 Å². The molecule has 1 aliphatic heterocycles. The molecule has 25 heavy (non-hydrogen) atoms. The van der Waals surface area contributed by atoms with Gasteiger partial charge in [0.2, 0.25) is 0 Å². The Morgan fingerprint density at radius 1 is 1.16 bits per heavy atom. The molecule has 4 rings (SSSR count). The summed E-state index contributed by atoms with van der Waals surface area (Å²) in [4.78, 5) is 12.3. The Hall–Kier alpha value is -1.42. The maximum Gasteiger partial charge on any atom is 0.167 e. The van der Waals surface area contributed by atoms with Crippen molar-refractivity contribution < 1.29 is 14.9 Å². The van der Waals surface area contributed by atoms with Crippen LogP contribution in [-0.2, 0) is 4.74 Å². The predicted molar refractivity (Wildman–Crippen MR) is 95.0 cm³/mol. The van der Waals surface area contributed by atoms with E-state index in [2.05, 4.69) is 15.0 Å². The van der Waals surface area contributed by atoms with Crippen molar-refractivity contribution in [1.82, 2.24) is 19.5 Å². The first-order chi connectivity index (χ1) is 12.1. The number of nitrogen functional groups attached to an aromatic ring is 1. The molecule has 136 valence electrons. The third-order valence-electron chi connectivity index (χ3n) is 5.05. The number of hydrogen-bond acceptors (Lipinski definition) is 8. The Balaban J connectivity index is 1.48. The summed E-state index contributed by atoms with van der Waals surface area (Å²) in [5, 5.41) is 21.5. The van der Waals surface area contributed by atoms with E-state index < -0.39 is 24.5 Å². The lowest BCUT2D eigenvalue weighted by Crippen LogP contribution is -2.33. The molecule has 0 bridgehead atoms. The third-order valence-corrected chi connectivity index (χ3v) is 6.51. The molecular weight excluding hydrogens is 342 g/mol. The minimum absolute atomic E-state index is 0.279. The van der Waals surface area contributed by atoms with Crippen LogP contribution in [0.5, 0.6) is 0 Å². The number of imidazole rings is 1. The van der Waals surface area contributed by atoms with E-state index in [1.165, 1.54) is 44.8 Å². The molecular formula is C16H23N5O3S. The van der Waals surface area contributed by atoms with E-state index in [0.29, 0.717) is 22.2 Å². The van der Waals surface area contributed by atoms with Crippen LogP contribution in [0.15, 0.2) is 12.7 Å². The van der Waals surface area contributed by atoms with Crippen LogP contribution in [0.4, 0.5) is 5.82 Å². The first kappa shape index (κ1) is 17.0. The number of aromatic nitrogens is 4. The van der Waals surface area contributed by atoms with Gasteiger partial charge in [-0.1, -0.05) is 19.3 Å². The molecule has 0 aromatic carbocycles. The molecule has 8 nitrogen and oxygen atoms in total. The third kappa shape index (κ3) is 3.21. The number of anilines is 1. The Bertz CT molecular complexity index is 736. The highest BCUT2D eigenvalue weighted by Gasteiger charge is 2.44. The second kappa shape index (κ2) is 7.06. The maximum absolute atomic E-state index is 10.5. The van der Waals surface area contributed by atoms with E-state index in [4.69, 9.17) is 10.5 Å². The SMILES string of the molecule is Nc1ncnc2c1ncn2[C@@H]1O[C@H](CSC2CCCCC2)[C@@H](O)[C@H]1O. The topological polar surface area (TPSA) is 119 Å². The fourth-order valence-electron chi connectivity index (χ4n) is 3.62. The van der Waals surface area contributed by atoms with E-state index in [0.717, 1.165) is 0 Å². The Morgan fingerprint density at radius 3 is 2.76 bits per heavy atom. The largest absolute Gasteiger partial charge is 0.387 e. The van der Waals surface area contributed by atoms with Crippen LogP contribution in [0, 0.1) is 0 Å². The smallest absolute Gasteiger partial charge is 0.167 e. The van der Waals surface area contributed by atoms with E-state index in [-0.39, 0.29) is 5.82 Å². The van der Waals surface area contributed by atoms with Gasteiger partial charge in [0.15, 0.2) is 17.7 Å². The molecule has 2 aromatic rings. The summed E-state index contributed by atoms with van der Waals surface area (Å²) < 4.78 is 7.59. The molecule has 1 saturated carbocycles. The van der Waals surface area contributed by atoms with Crippen LogP contribution >= 0.6 is 11.8 Å². The van der Waals surface area contributed by atoms with Crippen LogP contribution in [0.2, 0.25) is 0 Å². The van der Waals surface area contributed by atoms with Gasteiger partial charge < -0.3 is 20.7 Å². The van der Waals surface area contributed by atoms with E-state index in [1.54, 1.807) is 4.57 Å². The molecule has 9 heteroatoms. The highest BCUT2D eigenvalue weighted by Crippen LogP contribution is 2.36. The molecule has 1 aliphatic carbocycles. The molecule has 3 heterocycles. The Kier molecular flexibility index (Phi) is 4.81. The average molecular weight is 365 g/mol. The van der Waals surface area contributed by atoms with Crippen molar-refractivity contribution in [3.8, 4) is 0 Å². The van der Waals surface area contributed by atoms with Crippen molar-refractivity contribution in [2.45, 2.75) is 61.9 Å². The summed E-state index contributed by atoms with van der Waals surface area (Å²) >= 11 is 1.84. The lowest BCUT2D eigenvalue weighted by atomic mass is 10.0. The van der Waals surface area contributed by atoms with Gasteiger partial charge in [0.05, 0.1) is 12.4 Å². The molecule has 1 saturated heterocycles. The minimum atomic E-state index is -1.04. The Labute approximate surface area is 149 Å². The van der Waals surface area contributed by atoms with Crippen molar-refractivity contribution >= 4 is 28.7 Å². The number of aliphatic hydroxyl groups is 2. The van der Waals surface area contributed by atoms with Crippen molar-refractivity contribution in [3.63, 3.8) is 0 Å². The van der Waals surface area contributed by atoms with Crippen LogP contribution in [0.1, 0.15) is 38.3 Å². The number of fused-ring (bicyclic) bond motifs is 1. The van der Waals surface area contributed by atoms with Crippen LogP contribution in [0.3, 0.4) is 0 Å². The number of thioether (sulfide) groups is 1. The van der Waals surface area contributed by atoms with Gasteiger partial charge in [-0.3, -0.25) is 4.57 Å². The number of aliphatic hydroxyl groups excluding tert-OH is 2. The molecule has 4 N–H and O–H groups in total. The molecule has 2 aromatic heterocycles. The van der Waals surface area contributed by atoms with Gasteiger partial charge in [-0.25, -0.2) is 15.0 Å². The number of nitrogens with zero attached hydrogens (tertiary/aromatic N) is 4. The first-order valence-corrected chi connectivity index (χ1v) is 9.76. The van der Waals surface area contributed by atoms with Crippen LogP contribution < -0.4 is 5.73 Å². The molecule has 0 radical (unpaired) electrons. The summed E-state index contributed by atoms with van der Waals surface area (Å²) in [5.41, 5.74) is 6.76. The standard InChI is InChI=1S/C16H23N5O3S/c17-14-11-15(19-7-18-14)21(8-20-11)16-13(23)12(22)10(24-16)6-25-9-4-2-1-3-5-9/h7-10,12-13,16,22-23H,1-6H2,(H2,17,18,19)/t10-,12-,13-,16-/m1/s1. The zero-order valence-corrected chi connectivity index (χ0v) is 14.7. The summed E-state index contributed by atoms with van der Waals surface area (Å²) in [6, 6.07) is 0. The van der Waals surface area contributed by atoms with Crippen molar-refractivity contribution in [2.24, 2.45) is 0 Å². The Morgan fingerprint density at radius 2 is 1.96 bits per heavy atom. The van der Waals surface area contributed by atoms with E-state index in [1.807, 2.05) is 11.8 Å². The number of hydrogen-bond donors (Lipinski definition) is 3. The minimum Gasteiger partial charge on any atom is -0.387 e. The van der Waals surface area contributed by atoms with Crippen LogP contribution in [0.25, 0.3) is 11.2 Å². The number of rotatable bonds is 4. The summed E-state index contributed by atoms with van der Waals surface area (Å²) in [6.45, 7) is 0. The predicted octanol–water partition coefficient (Wildman–Crippen LogP) is 1.09. The summed E-state index contributed by atoms with van der Waals surface area (Å²) in [6.07, 6.45) is 6.08. The zero-order chi connectivity index (χ0) is 17.4. The fraction of sp³-hybridized carbons (Fsp3) is 0.688. The van der Waals surface area contributed by atoms with Gasteiger partial charge in [0, 0.05) is 11.0 Å². The molecule has 0 unspecified atom stereocenters. The molecule has 0 spiro atoms.